The molecule has 0 radical (unpaired) electrons. The molecule has 52 valence electrons. The van der Waals surface area contributed by atoms with E-state index in [-0.39, 0.29) is 0 Å². The monoisotopic (exact) mass is 135 g/mol. The molecule has 2 rings (SSSR count). The molecule has 0 aromatic carbocycles. The van der Waals surface area contributed by atoms with Gasteiger partial charge in [0, 0.05) is 6.54 Å². The van der Waals surface area contributed by atoms with Crippen molar-refractivity contribution < 1.29 is 5.11 Å². The maximum atomic E-state index is 9.23. The molecular weight excluding hydrogens is 126 g/mol. The van der Waals surface area contributed by atoms with Crippen LogP contribution in [0.1, 0.15) is 6.42 Å². The van der Waals surface area contributed by atoms with Crippen LogP contribution in [-0.4, -0.2) is 11.7 Å². The third-order valence-corrected chi connectivity index (χ3v) is 1.81. The van der Waals surface area contributed by atoms with Crippen LogP contribution in [0.2, 0.25) is 0 Å². The Kier molecular flexibility index (Phi) is 1.07. The van der Waals surface area contributed by atoms with Gasteiger partial charge in [0.05, 0.1) is 5.70 Å². The van der Waals surface area contributed by atoms with E-state index in [4.69, 9.17) is 0 Å². The van der Waals surface area contributed by atoms with Crippen LogP contribution in [0.4, 0.5) is 0 Å². The van der Waals surface area contributed by atoms with E-state index in [0.717, 1.165) is 18.7 Å². The number of aliphatic hydroxyl groups is 1. The van der Waals surface area contributed by atoms with Crippen LogP contribution in [0, 0.1) is 0 Å². The molecule has 0 unspecified atom stereocenters. The Morgan fingerprint density at radius 2 is 2.40 bits per heavy atom. The zero-order valence-electron chi connectivity index (χ0n) is 5.59. The molecule has 0 atom stereocenters. The second-order valence-electron chi connectivity index (χ2n) is 2.48. The van der Waals surface area contributed by atoms with Crippen molar-refractivity contribution in [2.75, 3.05) is 6.54 Å². The predicted octanol–water partition coefficient (Wildman–Crippen LogP) is 1.25. The highest BCUT2D eigenvalue weighted by atomic mass is 16.3. The molecule has 0 amide bonds. The fraction of sp³-hybridized carbons (Fsp3) is 0.250. The summed E-state index contributed by atoms with van der Waals surface area (Å²) in [5, 5.41) is 12.3. The summed E-state index contributed by atoms with van der Waals surface area (Å²) in [5.74, 6) is 0.402. The molecule has 2 aliphatic rings. The molecule has 0 bridgehead atoms. The van der Waals surface area contributed by atoms with Gasteiger partial charge in [-0.25, -0.2) is 0 Å². The van der Waals surface area contributed by atoms with Crippen LogP contribution in [0.3, 0.4) is 0 Å². The quantitative estimate of drug-likeness (QED) is 0.524. The fourth-order valence-corrected chi connectivity index (χ4v) is 1.29. The van der Waals surface area contributed by atoms with Gasteiger partial charge >= 0.3 is 0 Å². The van der Waals surface area contributed by atoms with E-state index in [2.05, 4.69) is 17.5 Å². The Bertz CT molecular complexity index is 248. The van der Waals surface area contributed by atoms with Gasteiger partial charge in [0.2, 0.25) is 0 Å². The molecule has 0 fully saturated rings. The fourth-order valence-electron chi connectivity index (χ4n) is 1.29. The van der Waals surface area contributed by atoms with Gasteiger partial charge in [-0.15, -0.1) is 0 Å². The molecule has 1 aliphatic carbocycles. The Morgan fingerprint density at radius 3 is 3.20 bits per heavy atom. The highest BCUT2D eigenvalue weighted by Gasteiger charge is 2.15. The molecule has 2 nitrogen and oxygen atoms in total. The van der Waals surface area contributed by atoms with Crippen LogP contribution in [0.15, 0.2) is 35.3 Å². The van der Waals surface area contributed by atoms with Gasteiger partial charge in [0.25, 0.3) is 0 Å². The number of aliphatic hydroxyl groups excluding tert-OH is 1. The first-order valence-corrected chi connectivity index (χ1v) is 3.41. The first-order chi connectivity index (χ1) is 4.88. The average molecular weight is 135 g/mol. The number of dihydropyridines is 1. The summed E-state index contributed by atoms with van der Waals surface area (Å²) in [7, 11) is 0. The van der Waals surface area contributed by atoms with Gasteiger partial charge in [-0.1, -0.05) is 12.2 Å². The van der Waals surface area contributed by atoms with E-state index in [1.165, 1.54) is 5.57 Å². The SMILES string of the molecule is OC1=CCC2=C1NCC=C2. The van der Waals surface area contributed by atoms with Crippen molar-refractivity contribution >= 4 is 0 Å². The maximum Gasteiger partial charge on any atom is 0.135 e. The van der Waals surface area contributed by atoms with Crippen LogP contribution >= 0.6 is 0 Å². The number of allylic oxidation sites excluding steroid dienone is 3. The highest BCUT2D eigenvalue weighted by Crippen LogP contribution is 2.24. The normalized spacial score (nSPS) is 22.2. The lowest BCUT2D eigenvalue weighted by Gasteiger charge is -2.11. The third-order valence-electron chi connectivity index (χ3n) is 1.81. The molecule has 0 aromatic rings. The second-order valence-corrected chi connectivity index (χ2v) is 2.48. The van der Waals surface area contributed by atoms with E-state index in [1.54, 1.807) is 0 Å². The summed E-state index contributed by atoms with van der Waals surface area (Å²) >= 11 is 0. The van der Waals surface area contributed by atoms with Gasteiger partial charge in [-0.05, 0) is 18.1 Å². The largest absolute Gasteiger partial charge is 0.506 e. The Hall–Kier alpha value is -1.18. The summed E-state index contributed by atoms with van der Waals surface area (Å²) < 4.78 is 0. The van der Waals surface area contributed by atoms with E-state index >= 15 is 0 Å². The van der Waals surface area contributed by atoms with Crippen molar-refractivity contribution in [2.45, 2.75) is 6.42 Å². The summed E-state index contributed by atoms with van der Waals surface area (Å²) in [5.41, 5.74) is 2.12. The van der Waals surface area contributed by atoms with Crippen molar-refractivity contribution in [3.8, 4) is 0 Å². The van der Waals surface area contributed by atoms with Gasteiger partial charge < -0.3 is 10.4 Å². The Balaban J connectivity index is 2.38. The van der Waals surface area contributed by atoms with Crippen LogP contribution in [0.5, 0.6) is 0 Å². The number of hydrogen-bond donors (Lipinski definition) is 2. The van der Waals surface area contributed by atoms with Crippen molar-refractivity contribution in [3.05, 3.63) is 35.3 Å². The summed E-state index contributed by atoms with van der Waals surface area (Å²) in [6.45, 7) is 0.830. The highest BCUT2D eigenvalue weighted by molar-refractivity contribution is 5.44. The molecular formula is C8H9NO. The molecule has 0 spiro atoms. The van der Waals surface area contributed by atoms with Crippen LogP contribution < -0.4 is 5.32 Å². The van der Waals surface area contributed by atoms with E-state index < -0.39 is 0 Å². The molecule has 2 N–H and O–H groups in total. The summed E-state index contributed by atoms with van der Waals surface area (Å²) in [6.07, 6.45) is 6.81. The second kappa shape index (κ2) is 1.90. The van der Waals surface area contributed by atoms with Gasteiger partial charge in [-0.3, -0.25) is 0 Å². The first kappa shape index (κ1) is 5.59. The predicted molar refractivity (Wildman–Crippen MR) is 39.5 cm³/mol. The summed E-state index contributed by atoms with van der Waals surface area (Å²) in [4.78, 5) is 0. The van der Waals surface area contributed by atoms with E-state index in [9.17, 15) is 5.11 Å². The third kappa shape index (κ3) is 0.652. The van der Waals surface area contributed by atoms with E-state index in [1.807, 2.05) is 6.08 Å². The van der Waals surface area contributed by atoms with Crippen molar-refractivity contribution in [3.63, 3.8) is 0 Å². The van der Waals surface area contributed by atoms with Crippen LogP contribution in [-0.2, 0) is 0 Å². The van der Waals surface area contributed by atoms with Crippen molar-refractivity contribution in [1.29, 1.82) is 0 Å². The molecule has 0 aromatic heterocycles. The Labute approximate surface area is 59.6 Å². The molecule has 1 heterocycles. The molecule has 1 aliphatic heterocycles. The maximum absolute atomic E-state index is 9.23. The van der Waals surface area contributed by atoms with Crippen molar-refractivity contribution in [2.24, 2.45) is 0 Å². The van der Waals surface area contributed by atoms with Crippen LogP contribution in [0.25, 0.3) is 0 Å². The zero-order chi connectivity index (χ0) is 6.97. The molecule has 0 saturated heterocycles. The Morgan fingerprint density at radius 1 is 1.50 bits per heavy atom. The average Bonchev–Trinajstić information content (AvgIpc) is 2.34. The number of nitrogens with one attached hydrogen (secondary N) is 1. The lowest BCUT2D eigenvalue weighted by molar-refractivity contribution is 0.416. The topological polar surface area (TPSA) is 32.3 Å². The first-order valence-electron chi connectivity index (χ1n) is 3.41. The smallest absolute Gasteiger partial charge is 0.135 e. The van der Waals surface area contributed by atoms with Gasteiger partial charge in [0.15, 0.2) is 0 Å². The minimum atomic E-state index is 0.402. The summed E-state index contributed by atoms with van der Waals surface area (Å²) in [6, 6.07) is 0. The number of hydrogen-bond acceptors (Lipinski definition) is 2. The minimum Gasteiger partial charge on any atom is -0.506 e. The van der Waals surface area contributed by atoms with Gasteiger partial charge in [-0.2, -0.15) is 0 Å². The zero-order valence-corrected chi connectivity index (χ0v) is 5.59. The van der Waals surface area contributed by atoms with E-state index in [0.29, 0.717) is 5.76 Å². The standard InChI is InChI=1S/C8H9NO/c10-7-4-3-6-2-1-5-9-8(6)7/h1-2,4,9-10H,3,5H2. The lowest BCUT2D eigenvalue weighted by atomic mass is 10.1. The minimum absolute atomic E-state index is 0.402. The molecule has 2 heteroatoms. The van der Waals surface area contributed by atoms with Crippen molar-refractivity contribution in [1.82, 2.24) is 5.32 Å². The lowest BCUT2D eigenvalue weighted by Crippen LogP contribution is -2.17. The molecule has 0 saturated carbocycles. The number of rotatable bonds is 0. The van der Waals surface area contributed by atoms with Gasteiger partial charge in [0.1, 0.15) is 5.76 Å². The molecule has 10 heavy (non-hydrogen) atoms.